The average molecular weight is 304 g/mol. The summed E-state index contributed by atoms with van der Waals surface area (Å²) < 4.78 is 2.21. The maximum atomic E-state index is 12.0. The molecule has 21 heavy (non-hydrogen) atoms. The van der Waals surface area contributed by atoms with Crippen LogP contribution in [0.1, 0.15) is 46.7 Å². The molecule has 1 heterocycles. The molecule has 0 bridgehead atoms. The lowest BCUT2D eigenvalue weighted by atomic mass is 10.0. The summed E-state index contributed by atoms with van der Waals surface area (Å²) in [7, 11) is 0. The molecule has 0 fully saturated rings. The van der Waals surface area contributed by atoms with Gasteiger partial charge in [0.05, 0.1) is 11.6 Å². The van der Waals surface area contributed by atoms with Crippen molar-refractivity contribution in [1.82, 2.24) is 4.57 Å². The Bertz CT molecular complexity index is 648. The molecule has 1 aromatic carbocycles. The van der Waals surface area contributed by atoms with Crippen molar-refractivity contribution in [3.63, 3.8) is 0 Å². The Hall–Kier alpha value is -1.54. The third-order valence-electron chi connectivity index (χ3n) is 4.04. The van der Waals surface area contributed by atoms with Gasteiger partial charge in [-0.2, -0.15) is 0 Å². The number of hydrogen-bond acceptors (Lipinski definition) is 1. The lowest BCUT2D eigenvalue weighted by molar-refractivity contribution is 0.102. The van der Waals surface area contributed by atoms with Crippen LogP contribution in [-0.2, 0) is 12.8 Å². The van der Waals surface area contributed by atoms with Crippen molar-refractivity contribution in [3.8, 4) is 5.69 Å². The van der Waals surface area contributed by atoms with Gasteiger partial charge < -0.3 is 4.57 Å². The van der Waals surface area contributed by atoms with Crippen LogP contribution in [0.4, 0.5) is 0 Å². The van der Waals surface area contributed by atoms with E-state index in [-0.39, 0.29) is 11.7 Å². The quantitative estimate of drug-likeness (QED) is 0.582. The number of halogens is 1. The first-order valence-corrected chi connectivity index (χ1v) is 7.97. The minimum atomic E-state index is -0.0111. The highest BCUT2D eigenvalue weighted by Gasteiger charge is 2.18. The molecule has 1 aromatic heterocycles. The Labute approximate surface area is 131 Å². The number of benzene rings is 1. The third kappa shape index (κ3) is 2.77. The molecule has 0 saturated heterocycles. The molecule has 0 radical (unpaired) electrons. The first kappa shape index (κ1) is 15.8. The van der Waals surface area contributed by atoms with E-state index in [9.17, 15) is 4.79 Å². The van der Waals surface area contributed by atoms with Gasteiger partial charge in [-0.3, -0.25) is 4.79 Å². The van der Waals surface area contributed by atoms with E-state index >= 15 is 0 Å². The maximum Gasteiger partial charge on any atom is 0.179 e. The van der Waals surface area contributed by atoms with Crippen molar-refractivity contribution < 1.29 is 4.79 Å². The first-order chi connectivity index (χ1) is 10.0. The van der Waals surface area contributed by atoms with Gasteiger partial charge in [-0.25, -0.2) is 0 Å². The van der Waals surface area contributed by atoms with E-state index in [0.29, 0.717) is 0 Å². The van der Waals surface area contributed by atoms with Crippen molar-refractivity contribution in [1.29, 1.82) is 0 Å². The molecular formula is C18H22ClNO. The van der Waals surface area contributed by atoms with E-state index in [1.54, 1.807) is 0 Å². The smallest absolute Gasteiger partial charge is 0.179 e. The zero-order valence-corrected chi connectivity index (χ0v) is 13.9. The number of ketones is 1. The van der Waals surface area contributed by atoms with Crippen LogP contribution in [0.15, 0.2) is 24.3 Å². The Morgan fingerprint density at radius 3 is 2.19 bits per heavy atom. The first-order valence-electron chi connectivity index (χ1n) is 7.44. The highest BCUT2D eigenvalue weighted by molar-refractivity contribution is 6.30. The molecule has 2 aromatic rings. The van der Waals surface area contributed by atoms with Gasteiger partial charge in [-0.1, -0.05) is 32.0 Å². The van der Waals surface area contributed by atoms with Gasteiger partial charge in [0.15, 0.2) is 5.78 Å². The molecule has 0 N–H and O–H groups in total. The molecule has 0 amide bonds. The molecular weight excluding hydrogens is 282 g/mol. The van der Waals surface area contributed by atoms with Gasteiger partial charge in [0, 0.05) is 17.0 Å². The predicted octanol–water partition coefficient (Wildman–Crippen LogP) is 4.64. The molecule has 112 valence electrons. The summed E-state index contributed by atoms with van der Waals surface area (Å²) in [5.74, 6) is 0.0171. The lowest BCUT2D eigenvalue weighted by Crippen LogP contribution is -2.08. The van der Waals surface area contributed by atoms with E-state index in [0.717, 1.165) is 29.8 Å². The molecule has 0 spiro atoms. The normalized spacial score (nSPS) is 10.9. The number of aryl methyl sites for hydroxylation is 3. The summed E-state index contributed by atoms with van der Waals surface area (Å²) in [4.78, 5) is 12.0. The minimum absolute atomic E-state index is 0.0111. The van der Waals surface area contributed by atoms with E-state index in [4.69, 9.17) is 11.6 Å². The van der Waals surface area contributed by atoms with E-state index in [1.165, 1.54) is 16.8 Å². The molecule has 2 rings (SSSR count). The van der Waals surface area contributed by atoms with E-state index in [1.807, 2.05) is 19.9 Å². The van der Waals surface area contributed by atoms with Gasteiger partial charge in [0.2, 0.25) is 0 Å². The Balaban J connectivity index is 2.73. The van der Waals surface area contributed by atoms with Gasteiger partial charge in [0.25, 0.3) is 0 Å². The van der Waals surface area contributed by atoms with Crippen LogP contribution in [0.25, 0.3) is 5.69 Å². The maximum absolute atomic E-state index is 12.0. The molecule has 0 aliphatic heterocycles. The van der Waals surface area contributed by atoms with Crippen LogP contribution in [0.2, 0.25) is 0 Å². The Morgan fingerprint density at radius 1 is 1.14 bits per heavy atom. The summed E-state index contributed by atoms with van der Waals surface area (Å²) >= 11 is 5.72. The van der Waals surface area contributed by atoms with E-state index in [2.05, 4.69) is 36.6 Å². The molecule has 0 atom stereocenters. The fraction of sp³-hybridized carbons (Fsp3) is 0.389. The fourth-order valence-electron chi connectivity index (χ4n) is 2.96. The molecule has 0 aliphatic rings. The largest absolute Gasteiger partial charge is 0.317 e. The highest BCUT2D eigenvalue weighted by atomic mass is 35.5. The van der Waals surface area contributed by atoms with Crippen molar-refractivity contribution in [2.75, 3.05) is 5.88 Å². The summed E-state index contributed by atoms with van der Waals surface area (Å²) in [6.45, 7) is 8.37. The zero-order chi connectivity index (χ0) is 15.6. The second-order valence-electron chi connectivity index (χ2n) is 5.31. The van der Waals surface area contributed by atoms with Gasteiger partial charge in [-0.15, -0.1) is 11.6 Å². The average Bonchev–Trinajstić information content (AvgIpc) is 2.80. The van der Waals surface area contributed by atoms with Gasteiger partial charge in [-0.05, 0) is 43.9 Å². The van der Waals surface area contributed by atoms with Crippen molar-refractivity contribution in [2.45, 2.75) is 40.5 Å². The number of carbonyl (C=O) groups excluding carboxylic acids is 1. The summed E-state index contributed by atoms with van der Waals surface area (Å²) in [6.07, 6.45) is 1.94. The number of para-hydroxylation sites is 1. The van der Waals surface area contributed by atoms with Crippen LogP contribution in [0.5, 0.6) is 0 Å². The second kappa shape index (κ2) is 6.48. The molecule has 3 heteroatoms. The van der Waals surface area contributed by atoms with E-state index < -0.39 is 0 Å². The number of carbonyl (C=O) groups is 1. The minimum Gasteiger partial charge on any atom is -0.317 e. The fourth-order valence-corrected chi connectivity index (χ4v) is 3.11. The topological polar surface area (TPSA) is 22.0 Å². The summed E-state index contributed by atoms with van der Waals surface area (Å²) in [5, 5.41) is 0. The highest BCUT2D eigenvalue weighted by Crippen LogP contribution is 2.27. The van der Waals surface area contributed by atoms with Crippen molar-refractivity contribution >= 4 is 17.4 Å². The standard InChI is InChI=1S/C18H22ClNO/c1-5-14-8-7-9-15(6-2)18(14)20-12(3)10-16(13(20)4)17(21)11-19/h7-10H,5-6,11H2,1-4H3. The zero-order valence-electron chi connectivity index (χ0n) is 13.2. The molecule has 0 saturated carbocycles. The van der Waals surface area contributed by atoms with Crippen LogP contribution < -0.4 is 0 Å². The van der Waals surface area contributed by atoms with Crippen LogP contribution >= 0.6 is 11.6 Å². The number of hydrogen-bond donors (Lipinski definition) is 0. The Kier molecular flexibility index (Phi) is 4.89. The number of nitrogens with zero attached hydrogens (tertiary/aromatic N) is 1. The summed E-state index contributed by atoms with van der Waals surface area (Å²) in [6, 6.07) is 8.39. The number of aromatic nitrogens is 1. The monoisotopic (exact) mass is 303 g/mol. The molecule has 0 aliphatic carbocycles. The SMILES string of the molecule is CCc1cccc(CC)c1-n1c(C)cc(C(=O)CCl)c1C. The van der Waals surface area contributed by atoms with Crippen LogP contribution in [0, 0.1) is 13.8 Å². The number of Topliss-reactive ketones (excluding diaryl/α,β-unsaturated/α-hetero) is 1. The van der Waals surface area contributed by atoms with Crippen molar-refractivity contribution in [2.24, 2.45) is 0 Å². The Morgan fingerprint density at radius 2 is 1.71 bits per heavy atom. The van der Waals surface area contributed by atoms with Gasteiger partial charge in [0.1, 0.15) is 0 Å². The molecule has 2 nitrogen and oxygen atoms in total. The number of rotatable bonds is 5. The summed E-state index contributed by atoms with van der Waals surface area (Å²) in [5.41, 5.74) is 6.63. The van der Waals surface area contributed by atoms with Gasteiger partial charge >= 0.3 is 0 Å². The predicted molar refractivity (Wildman–Crippen MR) is 89.0 cm³/mol. The molecule has 0 unspecified atom stereocenters. The second-order valence-corrected chi connectivity index (χ2v) is 5.58. The van der Waals surface area contributed by atoms with Crippen molar-refractivity contribution in [3.05, 3.63) is 52.3 Å². The lowest BCUT2D eigenvalue weighted by Gasteiger charge is -2.18. The van der Waals surface area contributed by atoms with Crippen LogP contribution in [-0.4, -0.2) is 16.2 Å². The number of alkyl halides is 1. The van der Waals surface area contributed by atoms with Crippen LogP contribution in [0.3, 0.4) is 0 Å². The third-order valence-corrected chi connectivity index (χ3v) is 4.28.